The van der Waals surface area contributed by atoms with E-state index < -0.39 is 0 Å². The molecular weight excluding hydrogens is 324 g/mol. The van der Waals surface area contributed by atoms with Gasteiger partial charge in [0.25, 0.3) is 5.91 Å². The second-order valence-electron chi connectivity index (χ2n) is 6.47. The Hall–Kier alpha value is -2.95. The van der Waals surface area contributed by atoms with Gasteiger partial charge in [-0.1, -0.05) is 43.7 Å². The predicted octanol–water partition coefficient (Wildman–Crippen LogP) is 4.02. The van der Waals surface area contributed by atoms with Gasteiger partial charge in [0.2, 0.25) is 0 Å². The Balaban J connectivity index is 1.81. The molecule has 2 heterocycles. The number of rotatable bonds is 6. The molecule has 0 aliphatic heterocycles. The number of hydrogen-bond acceptors (Lipinski definition) is 3. The van der Waals surface area contributed by atoms with E-state index >= 15 is 0 Å². The SMILES string of the molecule is CCCCN(C)C(=O)c1cc(-c2cnc(-c3ccccc3)nc2)cn1C. The standard InChI is InChI=1S/C21H24N4O/c1-4-5-11-24(2)21(26)19-12-17(15-25(19)3)18-13-22-20(23-14-18)16-9-7-6-8-10-16/h6-10,12-15H,4-5,11H2,1-3H3. The number of unbranched alkanes of at least 4 members (excludes halogenated alkanes) is 1. The van der Waals surface area contributed by atoms with E-state index in [9.17, 15) is 4.79 Å². The molecule has 2 aromatic heterocycles. The monoisotopic (exact) mass is 348 g/mol. The van der Waals surface area contributed by atoms with Crippen LogP contribution in [-0.4, -0.2) is 38.9 Å². The van der Waals surface area contributed by atoms with Crippen molar-refractivity contribution in [2.45, 2.75) is 19.8 Å². The third-order valence-corrected chi connectivity index (χ3v) is 4.43. The highest BCUT2D eigenvalue weighted by Crippen LogP contribution is 2.23. The number of carbonyl (C=O) groups excluding carboxylic acids is 1. The summed E-state index contributed by atoms with van der Waals surface area (Å²) in [6, 6.07) is 11.8. The zero-order chi connectivity index (χ0) is 18.5. The number of hydrogen-bond donors (Lipinski definition) is 0. The topological polar surface area (TPSA) is 51.0 Å². The highest BCUT2D eigenvalue weighted by Gasteiger charge is 2.16. The Morgan fingerprint density at radius 2 is 1.77 bits per heavy atom. The van der Waals surface area contributed by atoms with E-state index in [-0.39, 0.29) is 5.91 Å². The minimum absolute atomic E-state index is 0.0361. The van der Waals surface area contributed by atoms with E-state index in [0.29, 0.717) is 11.5 Å². The lowest BCUT2D eigenvalue weighted by molar-refractivity contribution is 0.0784. The second kappa shape index (κ2) is 7.95. The minimum atomic E-state index is 0.0361. The van der Waals surface area contributed by atoms with E-state index in [1.807, 2.05) is 61.3 Å². The van der Waals surface area contributed by atoms with Gasteiger partial charge in [0, 0.05) is 55.9 Å². The maximum Gasteiger partial charge on any atom is 0.270 e. The van der Waals surface area contributed by atoms with E-state index in [1.54, 1.807) is 17.3 Å². The van der Waals surface area contributed by atoms with Crippen LogP contribution in [0.25, 0.3) is 22.5 Å². The molecule has 5 heteroatoms. The summed E-state index contributed by atoms with van der Waals surface area (Å²) in [5.41, 5.74) is 3.50. The van der Waals surface area contributed by atoms with Crippen LogP contribution in [0.4, 0.5) is 0 Å². The zero-order valence-electron chi connectivity index (χ0n) is 15.5. The van der Waals surface area contributed by atoms with Crippen LogP contribution in [0.1, 0.15) is 30.3 Å². The first-order valence-corrected chi connectivity index (χ1v) is 8.89. The van der Waals surface area contributed by atoms with Crippen molar-refractivity contribution in [2.24, 2.45) is 7.05 Å². The second-order valence-corrected chi connectivity index (χ2v) is 6.47. The Kier molecular flexibility index (Phi) is 5.46. The maximum atomic E-state index is 12.6. The molecule has 3 aromatic rings. The Bertz CT molecular complexity index is 869. The molecule has 0 radical (unpaired) electrons. The van der Waals surface area contributed by atoms with E-state index in [4.69, 9.17) is 0 Å². The van der Waals surface area contributed by atoms with Gasteiger partial charge < -0.3 is 9.47 Å². The fraction of sp³-hybridized carbons (Fsp3) is 0.286. The van der Waals surface area contributed by atoms with Crippen molar-refractivity contribution in [2.75, 3.05) is 13.6 Å². The Morgan fingerprint density at radius 1 is 1.08 bits per heavy atom. The fourth-order valence-corrected chi connectivity index (χ4v) is 2.84. The molecule has 1 amide bonds. The first-order valence-electron chi connectivity index (χ1n) is 8.89. The average molecular weight is 348 g/mol. The highest BCUT2D eigenvalue weighted by molar-refractivity contribution is 5.94. The number of amides is 1. The number of nitrogens with zero attached hydrogens (tertiary/aromatic N) is 4. The van der Waals surface area contributed by atoms with Crippen LogP contribution in [0.2, 0.25) is 0 Å². The number of carbonyl (C=O) groups is 1. The first-order chi connectivity index (χ1) is 12.6. The molecular formula is C21H24N4O. The summed E-state index contributed by atoms with van der Waals surface area (Å²) in [5, 5.41) is 0. The van der Waals surface area contributed by atoms with Crippen molar-refractivity contribution in [3.05, 3.63) is 60.7 Å². The molecule has 0 aliphatic rings. The molecule has 0 saturated carbocycles. The average Bonchev–Trinajstić information content (AvgIpc) is 3.08. The van der Waals surface area contributed by atoms with E-state index in [0.717, 1.165) is 36.1 Å². The molecule has 134 valence electrons. The number of benzene rings is 1. The minimum Gasteiger partial charge on any atom is -0.346 e. The van der Waals surface area contributed by atoms with Gasteiger partial charge in [-0.2, -0.15) is 0 Å². The molecule has 0 spiro atoms. The summed E-state index contributed by atoms with van der Waals surface area (Å²) >= 11 is 0. The molecule has 0 saturated heterocycles. The normalized spacial score (nSPS) is 10.7. The predicted molar refractivity (Wildman–Crippen MR) is 104 cm³/mol. The molecule has 0 fully saturated rings. The molecule has 1 aromatic carbocycles. The van der Waals surface area contributed by atoms with Gasteiger partial charge in [0.05, 0.1) is 0 Å². The first kappa shape index (κ1) is 17.9. The third kappa shape index (κ3) is 3.82. The molecule has 0 aliphatic carbocycles. The van der Waals surface area contributed by atoms with Crippen molar-refractivity contribution >= 4 is 5.91 Å². The van der Waals surface area contributed by atoms with Crippen LogP contribution in [0, 0.1) is 0 Å². The number of aromatic nitrogens is 3. The zero-order valence-corrected chi connectivity index (χ0v) is 15.5. The van der Waals surface area contributed by atoms with Crippen molar-refractivity contribution in [3.63, 3.8) is 0 Å². The lowest BCUT2D eigenvalue weighted by Gasteiger charge is -2.16. The lowest BCUT2D eigenvalue weighted by atomic mass is 10.1. The smallest absolute Gasteiger partial charge is 0.270 e. The largest absolute Gasteiger partial charge is 0.346 e. The number of aryl methyl sites for hydroxylation is 1. The summed E-state index contributed by atoms with van der Waals surface area (Å²) in [7, 11) is 3.74. The summed E-state index contributed by atoms with van der Waals surface area (Å²) in [4.78, 5) is 23.3. The van der Waals surface area contributed by atoms with Gasteiger partial charge in [0.15, 0.2) is 5.82 Å². The Labute approximate surface area is 154 Å². The van der Waals surface area contributed by atoms with Crippen LogP contribution in [-0.2, 0) is 7.05 Å². The van der Waals surface area contributed by atoms with Gasteiger partial charge in [-0.25, -0.2) is 9.97 Å². The summed E-state index contributed by atoms with van der Waals surface area (Å²) < 4.78 is 1.87. The van der Waals surface area contributed by atoms with Crippen molar-refractivity contribution in [1.29, 1.82) is 0 Å². The van der Waals surface area contributed by atoms with Crippen molar-refractivity contribution < 1.29 is 4.79 Å². The molecule has 5 nitrogen and oxygen atoms in total. The highest BCUT2D eigenvalue weighted by atomic mass is 16.2. The Morgan fingerprint density at radius 3 is 2.42 bits per heavy atom. The third-order valence-electron chi connectivity index (χ3n) is 4.43. The van der Waals surface area contributed by atoms with Crippen LogP contribution < -0.4 is 0 Å². The van der Waals surface area contributed by atoms with Gasteiger partial charge in [-0.15, -0.1) is 0 Å². The van der Waals surface area contributed by atoms with Gasteiger partial charge in [-0.05, 0) is 12.5 Å². The fourth-order valence-electron chi connectivity index (χ4n) is 2.84. The maximum absolute atomic E-state index is 12.6. The van der Waals surface area contributed by atoms with Crippen LogP contribution in [0.5, 0.6) is 0 Å². The quantitative estimate of drug-likeness (QED) is 0.676. The molecule has 0 bridgehead atoms. The molecule has 0 unspecified atom stereocenters. The molecule has 3 rings (SSSR count). The molecule has 0 atom stereocenters. The van der Waals surface area contributed by atoms with Gasteiger partial charge in [0.1, 0.15) is 5.69 Å². The van der Waals surface area contributed by atoms with E-state index in [2.05, 4.69) is 16.9 Å². The van der Waals surface area contributed by atoms with Crippen LogP contribution in [0.3, 0.4) is 0 Å². The van der Waals surface area contributed by atoms with Crippen LogP contribution >= 0.6 is 0 Å². The molecule has 26 heavy (non-hydrogen) atoms. The molecule has 0 N–H and O–H groups in total. The van der Waals surface area contributed by atoms with Crippen LogP contribution in [0.15, 0.2) is 55.0 Å². The summed E-state index contributed by atoms with van der Waals surface area (Å²) in [5.74, 6) is 0.731. The van der Waals surface area contributed by atoms with Gasteiger partial charge >= 0.3 is 0 Å². The lowest BCUT2D eigenvalue weighted by Crippen LogP contribution is -2.29. The van der Waals surface area contributed by atoms with Gasteiger partial charge in [-0.3, -0.25) is 4.79 Å². The summed E-state index contributed by atoms with van der Waals surface area (Å²) in [6.07, 6.45) is 7.64. The summed E-state index contributed by atoms with van der Waals surface area (Å²) in [6.45, 7) is 2.89. The van der Waals surface area contributed by atoms with E-state index in [1.165, 1.54) is 0 Å². The van der Waals surface area contributed by atoms with Crippen molar-refractivity contribution in [1.82, 2.24) is 19.4 Å². The van der Waals surface area contributed by atoms with Crippen molar-refractivity contribution in [3.8, 4) is 22.5 Å².